The SMILES string of the molecule is Cc1ccc(C)c(NS(=O)(=O)C2CC2)c1. The highest BCUT2D eigenvalue weighted by molar-refractivity contribution is 7.93. The second kappa shape index (κ2) is 3.52. The quantitative estimate of drug-likeness (QED) is 0.857. The smallest absolute Gasteiger partial charge is 0.235 e. The van der Waals surface area contributed by atoms with E-state index in [9.17, 15) is 8.42 Å². The molecule has 1 aliphatic carbocycles. The van der Waals surface area contributed by atoms with Gasteiger partial charge in [-0.05, 0) is 43.9 Å². The van der Waals surface area contributed by atoms with Crippen LogP contribution in [0.1, 0.15) is 24.0 Å². The Bertz CT molecular complexity index is 475. The molecule has 0 bridgehead atoms. The van der Waals surface area contributed by atoms with Crippen molar-refractivity contribution in [2.24, 2.45) is 0 Å². The Balaban J connectivity index is 2.27. The molecule has 0 spiro atoms. The molecule has 1 aromatic rings. The van der Waals surface area contributed by atoms with E-state index in [0.717, 1.165) is 24.0 Å². The molecular weight excluding hydrogens is 210 g/mol. The van der Waals surface area contributed by atoms with E-state index in [1.165, 1.54) is 0 Å². The predicted octanol–water partition coefficient (Wildman–Crippen LogP) is 2.21. The van der Waals surface area contributed by atoms with Gasteiger partial charge in [0.2, 0.25) is 10.0 Å². The van der Waals surface area contributed by atoms with E-state index in [4.69, 9.17) is 0 Å². The Morgan fingerprint density at radius 3 is 2.53 bits per heavy atom. The van der Waals surface area contributed by atoms with Gasteiger partial charge in [-0.1, -0.05) is 12.1 Å². The fourth-order valence-electron chi connectivity index (χ4n) is 1.46. The normalized spacial score (nSPS) is 16.4. The molecule has 82 valence electrons. The van der Waals surface area contributed by atoms with Crippen molar-refractivity contribution in [3.05, 3.63) is 29.3 Å². The highest BCUT2D eigenvalue weighted by atomic mass is 32.2. The number of anilines is 1. The van der Waals surface area contributed by atoms with E-state index in [-0.39, 0.29) is 5.25 Å². The number of sulfonamides is 1. The van der Waals surface area contributed by atoms with E-state index < -0.39 is 10.0 Å². The molecule has 0 amide bonds. The fourth-order valence-corrected chi connectivity index (χ4v) is 2.91. The molecule has 0 aliphatic heterocycles. The molecule has 15 heavy (non-hydrogen) atoms. The maximum atomic E-state index is 11.7. The lowest BCUT2D eigenvalue weighted by Crippen LogP contribution is -2.18. The van der Waals surface area contributed by atoms with E-state index in [0.29, 0.717) is 5.69 Å². The monoisotopic (exact) mass is 225 g/mol. The largest absolute Gasteiger partial charge is 0.283 e. The third-order valence-electron chi connectivity index (χ3n) is 2.61. The Morgan fingerprint density at radius 2 is 1.93 bits per heavy atom. The van der Waals surface area contributed by atoms with Crippen molar-refractivity contribution in [1.82, 2.24) is 0 Å². The number of nitrogens with one attached hydrogen (secondary N) is 1. The van der Waals surface area contributed by atoms with Crippen molar-refractivity contribution in [3.8, 4) is 0 Å². The fraction of sp³-hybridized carbons (Fsp3) is 0.455. The molecule has 0 atom stereocenters. The van der Waals surface area contributed by atoms with E-state index in [1.54, 1.807) is 0 Å². The van der Waals surface area contributed by atoms with Crippen molar-refractivity contribution in [2.75, 3.05) is 4.72 Å². The van der Waals surface area contributed by atoms with Crippen LogP contribution in [0.5, 0.6) is 0 Å². The number of aryl methyl sites for hydroxylation is 2. The van der Waals surface area contributed by atoms with Gasteiger partial charge in [-0.25, -0.2) is 8.42 Å². The van der Waals surface area contributed by atoms with Crippen LogP contribution in [0.2, 0.25) is 0 Å². The Labute approximate surface area is 90.6 Å². The lowest BCUT2D eigenvalue weighted by Gasteiger charge is -2.10. The molecule has 1 N–H and O–H groups in total. The second-order valence-corrected chi connectivity index (χ2v) is 6.13. The minimum absolute atomic E-state index is 0.169. The summed E-state index contributed by atoms with van der Waals surface area (Å²) in [6.07, 6.45) is 1.58. The zero-order valence-corrected chi connectivity index (χ0v) is 9.76. The zero-order valence-electron chi connectivity index (χ0n) is 8.95. The maximum Gasteiger partial charge on any atom is 0.235 e. The van der Waals surface area contributed by atoms with E-state index in [1.807, 2.05) is 32.0 Å². The van der Waals surface area contributed by atoms with Crippen molar-refractivity contribution >= 4 is 15.7 Å². The summed E-state index contributed by atoms with van der Waals surface area (Å²) in [5.41, 5.74) is 2.74. The van der Waals surface area contributed by atoms with Crippen LogP contribution in [0.3, 0.4) is 0 Å². The van der Waals surface area contributed by atoms with Crippen LogP contribution in [0.15, 0.2) is 18.2 Å². The first-order chi connectivity index (χ1) is 6.99. The average molecular weight is 225 g/mol. The maximum absolute atomic E-state index is 11.7. The van der Waals surface area contributed by atoms with Gasteiger partial charge in [0.05, 0.1) is 10.9 Å². The lowest BCUT2D eigenvalue weighted by atomic mass is 10.1. The van der Waals surface area contributed by atoms with Crippen molar-refractivity contribution in [1.29, 1.82) is 0 Å². The molecule has 1 aromatic carbocycles. The molecule has 0 heterocycles. The zero-order chi connectivity index (χ0) is 11.1. The van der Waals surface area contributed by atoms with Gasteiger partial charge >= 0.3 is 0 Å². The summed E-state index contributed by atoms with van der Waals surface area (Å²) < 4.78 is 26.1. The Kier molecular flexibility index (Phi) is 2.46. The molecule has 1 fully saturated rings. The molecule has 0 radical (unpaired) electrons. The van der Waals surface area contributed by atoms with Gasteiger partial charge in [-0.3, -0.25) is 4.72 Å². The van der Waals surface area contributed by atoms with Gasteiger partial charge in [-0.2, -0.15) is 0 Å². The summed E-state index contributed by atoms with van der Waals surface area (Å²) >= 11 is 0. The Hall–Kier alpha value is -1.03. The first kappa shape index (κ1) is 10.5. The van der Waals surface area contributed by atoms with Crippen LogP contribution in [-0.4, -0.2) is 13.7 Å². The molecule has 1 saturated carbocycles. The van der Waals surface area contributed by atoms with Gasteiger partial charge in [-0.15, -0.1) is 0 Å². The molecule has 0 saturated heterocycles. The van der Waals surface area contributed by atoms with Gasteiger partial charge < -0.3 is 0 Å². The van der Waals surface area contributed by atoms with Gasteiger partial charge in [0, 0.05) is 0 Å². The minimum Gasteiger partial charge on any atom is -0.283 e. The molecule has 4 heteroatoms. The van der Waals surface area contributed by atoms with Crippen LogP contribution in [-0.2, 0) is 10.0 Å². The Morgan fingerprint density at radius 1 is 1.27 bits per heavy atom. The number of rotatable bonds is 3. The minimum atomic E-state index is -3.13. The van der Waals surface area contributed by atoms with Crippen LogP contribution < -0.4 is 4.72 Å². The second-order valence-electron chi connectivity index (χ2n) is 4.16. The molecule has 1 aliphatic rings. The van der Waals surface area contributed by atoms with E-state index >= 15 is 0 Å². The van der Waals surface area contributed by atoms with Crippen LogP contribution >= 0.6 is 0 Å². The summed E-state index contributed by atoms with van der Waals surface area (Å²) in [6.45, 7) is 3.86. The topological polar surface area (TPSA) is 46.2 Å². The van der Waals surface area contributed by atoms with Crippen LogP contribution in [0, 0.1) is 13.8 Å². The van der Waals surface area contributed by atoms with E-state index in [2.05, 4.69) is 4.72 Å². The third kappa shape index (κ3) is 2.31. The summed E-state index contributed by atoms with van der Waals surface area (Å²) in [5, 5.41) is -0.169. The summed E-state index contributed by atoms with van der Waals surface area (Å²) in [5.74, 6) is 0. The lowest BCUT2D eigenvalue weighted by molar-refractivity contribution is 0.600. The highest BCUT2D eigenvalue weighted by Crippen LogP contribution is 2.30. The van der Waals surface area contributed by atoms with Gasteiger partial charge in [0.25, 0.3) is 0 Å². The van der Waals surface area contributed by atoms with Gasteiger partial charge in [0.15, 0.2) is 0 Å². The molecule has 0 aromatic heterocycles. The standard InChI is InChI=1S/C11H15NO2S/c1-8-3-4-9(2)11(7-8)12-15(13,14)10-5-6-10/h3-4,7,10,12H,5-6H2,1-2H3. The van der Waals surface area contributed by atoms with Crippen molar-refractivity contribution in [3.63, 3.8) is 0 Å². The number of hydrogen-bond donors (Lipinski definition) is 1. The van der Waals surface area contributed by atoms with Crippen LogP contribution in [0.25, 0.3) is 0 Å². The first-order valence-corrected chi connectivity index (χ1v) is 6.62. The highest BCUT2D eigenvalue weighted by Gasteiger charge is 2.35. The van der Waals surface area contributed by atoms with Gasteiger partial charge in [0.1, 0.15) is 0 Å². The van der Waals surface area contributed by atoms with Crippen molar-refractivity contribution < 1.29 is 8.42 Å². The average Bonchev–Trinajstić information content (AvgIpc) is 2.93. The molecular formula is C11H15NO2S. The molecule has 0 unspecified atom stereocenters. The third-order valence-corrected chi connectivity index (χ3v) is 4.46. The molecule has 3 nitrogen and oxygen atoms in total. The summed E-state index contributed by atoms with van der Waals surface area (Å²) in [7, 11) is -3.13. The predicted molar refractivity (Wildman–Crippen MR) is 61.5 cm³/mol. The first-order valence-electron chi connectivity index (χ1n) is 5.08. The molecule has 2 rings (SSSR count). The number of benzene rings is 1. The van der Waals surface area contributed by atoms with Crippen LogP contribution in [0.4, 0.5) is 5.69 Å². The summed E-state index contributed by atoms with van der Waals surface area (Å²) in [4.78, 5) is 0. The van der Waals surface area contributed by atoms with Crippen molar-refractivity contribution in [2.45, 2.75) is 31.9 Å². The summed E-state index contributed by atoms with van der Waals surface area (Å²) in [6, 6.07) is 5.78. The number of hydrogen-bond acceptors (Lipinski definition) is 2.